The zero-order chi connectivity index (χ0) is 13.2. The van der Waals surface area contributed by atoms with Crippen molar-refractivity contribution in [3.8, 4) is 0 Å². The van der Waals surface area contributed by atoms with Crippen molar-refractivity contribution in [2.75, 3.05) is 13.2 Å². The van der Waals surface area contributed by atoms with Crippen molar-refractivity contribution in [3.05, 3.63) is 20.8 Å². The zero-order valence-corrected chi connectivity index (χ0v) is 13.7. The van der Waals surface area contributed by atoms with Crippen molar-refractivity contribution in [1.82, 2.24) is 5.32 Å². The predicted octanol–water partition coefficient (Wildman–Crippen LogP) is 4.37. The molecule has 0 amide bonds. The van der Waals surface area contributed by atoms with Gasteiger partial charge in [-0.15, -0.1) is 11.3 Å². The van der Waals surface area contributed by atoms with E-state index in [1.807, 2.05) is 0 Å². The third kappa shape index (κ3) is 4.05. The molecule has 1 aliphatic heterocycles. The van der Waals surface area contributed by atoms with Crippen molar-refractivity contribution in [3.63, 3.8) is 0 Å². The van der Waals surface area contributed by atoms with Gasteiger partial charge in [0.05, 0.1) is 9.89 Å². The molecule has 2 unspecified atom stereocenters. The molecule has 0 aliphatic carbocycles. The number of nitrogens with one attached hydrogen (secondary N) is 1. The van der Waals surface area contributed by atoms with Gasteiger partial charge in [-0.25, -0.2) is 0 Å². The first-order valence-corrected chi connectivity index (χ1v) is 8.18. The Hall–Kier alpha value is 0.1000. The summed E-state index contributed by atoms with van der Waals surface area (Å²) in [6, 6.07) is 4.31. The summed E-state index contributed by atoms with van der Waals surface area (Å²) >= 11 is 5.33. The van der Waals surface area contributed by atoms with Crippen LogP contribution in [0.15, 0.2) is 15.9 Å². The molecule has 2 nitrogen and oxygen atoms in total. The first-order valence-electron chi connectivity index (χ1n) is 6.57. The fraction of sp³-hybridized carbons (Fsp3) is 0.714. The predicted molar refractivity (Wildman–Crippen MR) is 81.2 cm³/mol. The van der Waals surface area contributed by atoms with Crippen LogP contribution in [0.2, 0.25) is 0 Å². The molecule has 2 atom stereocenters. The van der Waals surface area contributed by atoms with Crippen molar-refractivity contribution < 1.29 is 4.74 Å². The van der Waals surface area contributed by atoms with Crippen LogP contribution in [0.25, 0.3) is 0 Å². The molecule has 102 valence electrons. The van der Waals surface area contributed by atoms with Gasteiger partial charge in [0.25, 0.3) is 0 Å². The molecule has 18 heavy (non-hydrogen) atoms. The van der Waals surface area contributed by atoms with E-state index in [1.54, 1.807) is 11.3 Å². The minimum atomic E-state index is 0.179. The highest BCUT2D eigenvalue weighted by atomic mass is 79.9. The fourth-order valence-electron chi connectivity index (χ4n) is 2.29. The first kappa shape index (κ1) is 14.5. The van der Waals surface area contributed by atoms with Gasteiger partial charge in [-0.2, -0.15) is 0 Å². The fourth-order valence-corrected chi connectivity index (χ4v) is 3.85. The lowest BCUT2D eigenvalue weighted by atomic mass is 9.92. The quantitative estimate of drug-likeness (QED) is 0.888. The molecule has 1 saturated heterocycles. The maximum atomic E-state index is 6.00. The maximum absolute atomic E-state index is 6.00. The van der Waals surface area contributed by atoms with Crippen molar-refractivity contribution in [2.24, 2.45) is 5.92 Å². The second-order valence-corrected chi connectivity index (χ2v) is 8.46. The van der Waals surface area contributed by atoms with E-state index in [0.29, 0.717) is 5.92 Å². The highest BCUT2D eigenvalue weighted by Crippen LogP contribution is 2.38. The van der Waals surface area contributed by atoms with Crippen LogP contribution in [0.4, 0.5) is 0 Å². The molecule has 0 spiro atoms. The topological polar surface area (TPSA) is 21.3 Å². The maximum Gasteiger partial charge on any atom is 0.0957 e. The summed E-state index contributed by atoms with van der Waals surface area (Å²) in [6.07, 6.45) is 2.70. The van der Waals surface area contributed by atoms with E-state index in [4.69, 9.17) is 4.74 Å². The Bertz CT molecular complexity index is 385. The van der Waals surface area contributed by atoms with E-state index < -0.39 is 0 Å². The number of hydrogen-bond donors (Lipinski definition) is 1. The lowest BCUT2D eigenvalue weighted by Gasteiger charge is -2.33. The Labute approximate surface area is 122 Å². The lowest BCUT2D eigenvalue weighted by Crippen LogP contribution is -2.41. The Morgan fingerprint density at radius 1 is 1.44 bits per heavy atom. The number of thiophene rings is 1. The van der Waals surface area contributed by atoms with Crippen molar-refractivity contribution >= 4 is 27.3 Å². The third-order valence-electron chi connectivity index (χ3n) is 3.21. The Morgan fingerprint density at radius 3 is 2.83 bits per heavy atom. The number of rotatable bonds is 3. The van der Waals surface area contributed by atoms with Crippen LogP contribution < -0.4 is 5.32 Å². The second kappa shape index (κ2) is 6.04. The van der Waals surface area contributed by atoms with Crippen LogP contribution in [-0.2, 0) is 4.74 Å². The molecule has 1 aromatic rings. The van der Waals surface area contributed by atoms with E-state index in [0.717, 1.165) is 13.2 Å². The summed E-state index contributed by atoms with van der Waals surface area (Å²) in [4.78, 5) is 1.35. The number of hydrogen-bond acceptors (Lipinski definition) is 3. The summed E-state index contributed by atoms with van der Waals surface area (Å²) in [7, 11) is 0. The zero-order valence-electron chi connectivity index (χ0n) is 11.3. The summed E-state index contributed by atoms with van der Waals surface area (Å²) in [5.41, 5.74) is 0.179. The molecular weight excluding hydrogens is 310 g/mol. The van der Waals surface area contributed by atoms with Crippen LogP contribution in [0, 0.1) is 5.92 Å². The molecule has 2 rings (SSSR count). The van der Waals surface area contributed by atoms with Crippen LogP contribution in [0.1, 0.15) is 44.6 Å². The molecular formula is C14H22BrNOS. The SMILES string of the molecule is CC(C)(C)NCC1CCCOC1c1ccc(Br)s1. The van der Waals surface area contributed by atoms with Crippen LogP contribution in [-0.4, -0.2) is 18.7 Å². The Morgan fingerprint density at radius 2 is 2.22 bits per heavy atom. The Balaban J connectivity index is 2.02. The molecule has 1 aromatic heterocycles. The lowest BCUT2D eigenvalue weighted by molar-refractivity contribution is -0.0271. The highest BCUT2D eigenvalue weighted by molar-refractivity contribution is 9.11. The summed E-state index contributed by atoms with van der Waals surface area (Å²) < 4.78 is 7.19. The van der Waals surface area contributed by atoms with Gasteiger partial charge in [-0.05, 0) is 61.7 Å². The molecule has 0 saturated carbocycles. The van der Waals surface area contributed by atoms with Crippen molar-refractivity contribution in [2.45, 2.75) is 45.3 Å². The van der Waals surface area contributed by atoms with Gasteiger partial charge in [0.2, 0.25) is 0 Å². The van der Waals surface area contributed by atoms with Crippen LogP contribution >= 0.6 is 27.3 Å². The standard InChI is InChI=1S/C14H22BrNOS/c1-14(2,3)16-9-10-5-4-8-17-13(10)11-6-7-12(15)18-11/h6-7,10,13,16H,4-5,8-9H2,1-3H3. The summed E-state index contributed by atoms with van der Waals surface area (Å²) in [5.74, 6) is 0.587. The monoisotopic (exact) mass is 331 g/mol. The normalized spacial score (nSPS) is 25.3. The van der Waals surface area contributed by atoms with Crippen LogP contribution in [0.5, 0.6) is 0 Å². The highest BCUT2D eigenvalue weighted by Gasteiger charge is 2.29. The summed E-state index contributed by atoms with van der Waals surface area (Å²) in [5, 5.41) is 3.61. The molecule has 0 bridgehead atoms. The first-order chi connectivity index (χ1) is 8.46. The second-order valence-electron chi connectivity index (χ2n) is 5.97. The van der Waals surface area contributed by atoms with E-state index in [1.165, 1.54) is 21.5 Å². The minimum absolute atomic E-state index is 0.179. The molecule has 1 aliphatic rings. The Kier molecular flexibility index (Phi) is 4.86. The van der Waals surface area contributed by atoms with E-state index in [-0.39, 0.29) is 11.6 Å². The van der Waals surface area contributed by atoms with E-state index in [9.17, 15) is 0 Å². The van der Waals surface area contributed by atoms with Gasteiger partial charge in [0.1, 0.15) is 0 Å². The smallest absolute Gasteiger partial charge is 0.0957 e. The van der Waals surface area contributed by atoms with Gasteiger partial charge in [-0.1, -0.05) is 0 Å². The van der Waals surface area contributed by atoms with Gasteiger partial charge in [-0.3, -0.25) is 0 Å². The van der Waals surface area contributed by atoms with Crippen molar-refractivity contribution in [1.29, 1.82) is 0 Å². The van der Waals surface area contributed by atoms with Gasteiger partial charge in [0.15, 0.2) is 0 Å². The van der Waals surface area contributed by atoms with Gasteiger partial charge < -0.3 is 10.1 Å². The molecule has 1 fully saturated rings. The van der Waals surface area contributed by atoms with E-state index in [2.05, 4.69) is 54.2 Å². The largest absolute Gasteiger partial charge is 0.372 e. The minimum Gasteiger partial charge on any atom is -0.372 e. The average molecular weight is 332 g/mol. The average Bonchev–Trinajstić information content (AvgIpc) is 2.72. The van der Waals surface area contributed by atoms with Crippen LogP contribution in [0.3, 0.4) is 0 Å². The van der Waals surface area contributed by atoms with Gasteiger partial charge >= 0.3 is 0 Å². The number of ether oxygens (including phenoxy) is 1. The molecule has 1 N–H and O–H groups in total. The molecule has 0 aromatic carbocycles. The molecule has 0 radical (unpaired) electrons. The van der Waals surface area contributed by atoms with E-state index >= 15 is 0 Å². The molecule has 4 heteroatoms. The van der Waals surface area contributed by atoms with Gasteiger partial charge in [0, 0.05) is 29.5 Å². The number of halogens is 1. The molecule has 2 heterocycles. The third-order valence-corrected chi connectivity index (χ3v) is 4.90. The summed E-state index contributed by atoms with van der Waals surface area (Å²) in [6.45, 7) is 8.57.